The number of aromatic nitrogens is 3. The number of nitrogens with one attached hydrogen (secondary N) is 1. The Balaban J connectivity index is 1.76. The molecule has 0 radical (unpaired) electrons. The normalized spacial score (nSPS) is 10.9. The van der Waals surface area contributed by atoms with Crippen LogP contribution in [0.4, 0.5) is 15.9 Å². The van der Waals surface area contributed by atoms with Gasteiger partial charge in [-0.2, -0.15) is 0 Å². The molecule has 0 amide bonds. The molecule has 0 saturated heterocycles. The van der Waals surface area contributed by atoms with E-state index in [0.717, 1.165) is 16.3 Å². The summed E-state index contributed by atoms with van der Waals surface area (Å²) in [7, 11) is 0. The quantitative estimate of drug-likeness (QED) is 0.408. The highest BCUT2D eigenvalue weighted by atomic mass is 32.1. The van der Waals surface area contributed by atoms with E-state index in [1.807, 2.05) is 38.3 Å². The van der Waals surface area contributed by atoms with Gasteiger partial charge in [0.1, 0.15) is 18.0 Å². The predicted molar refractivity (Wildman–Crippen MR) is 117 cm³/mol. The molecule has 2 aromatic heterocycles. The number of hydrogen-bond donors (Lipinski definition) is 1. The summed E-state index contributed by atoms with van der Waals surface area (Å²) in [6, 6.07) is 8.50. The van der Waals surface area contributed by atoms with Crippen LogP contribution in [0, 0.1) is 12.7 Å². The fourth-order valence-corrected chi connectivity index (χ4v) is 3.73. The zero-order valence-electron chi connectivity index (χ0n) is 16.9. The number of ether oxygens (including phenoxy) is 2. The Labute approximate surface area is 177 Å². The van der Waals surface area contributed by atoms with Gasteiger partial charge in [0.25, 0.3) is 0 Å². The minimum atomic E-state index is -0.381. The summed E-state index contributed by atoms with van der Waals surface area (Å²) in [5.74, 6) is 1.31. The predicted octanol–water partition coefficient (Wildman–Crippen LogP) is 5.74. The van der Waals surface area contributed by atoms with Gasteiger partial charge in [0.15, 0.2) is 11.5 Å². The summed E-state index contributed by atoms with van der Waals surface area (Å²) >= 11 is 1.55. The van der Waals surface area contributed by atoms with E-state index in [1.165, 1.54) is 12.4 Å². The second-order valence-corrected chi connectivity index (χ2v) is 7.54. The Kier molecular flexibility index (Phi) is 5.76. The van der Waals surface area contributed by atoms with Crippen LogP contribution in [0.3, 0.4) is 0 Å². The van der Waals surface area contributed by atoms with E-state index < -0.39 is 0 Å². The number of nitrogens with zero attached hydrogens (tertiary/aromatic N) is 3. The van der Waals surface area contributed by atoms with E-state index in [-0.39, 0.29) is 5.82 Å². The summed E-state index contributed by atoms with van der Waals surface area (Å²) in [4.78, 5) is 13.1. The van der Waals surface area contributed by atoms with Crippen molar-refractivity contribution in [3.63, 3.8) is 0 Å². The maximum Gasteiger partial charge on any atom is 0.163 e. The lowest BCUT2D eigenvalue weighted by molar-refractivity contribution is 0.288. The molecule has 0 atom stereocenters. The van der Waals surface area contributed by atoms with Gasteiger partial charge in [0.2, 0.25) is 0 Å². The van der Waals surface area contributed by atoms with E-state index in [0.29, 0.717) is 47.1 Å². The third-order valence-electron chi connectivity index (χ3n) is 4.43. The van der Waals surface area contributed by atoms with E-state index in [2.05, 4.69) is 20.3 Å². The molecular weight excluding hydrogens is 403 g/mol. The summed E-state index contributed by atoms with van der Waals surface area (Å²) in [6.07, 6.45) is 1.44. The minimum Gasteiger partial charge on any atom is -0.490 e. The number of aryl methyl sites for hydroxylation is 1. The summed E-state index contributed by atoms with van der Waals surface area (Å²) in [5.41, 5.74) is 2.62. The molecule has 6 nitrogen and oxygen atoms in total. The third-order valence-corrected chi connectivity index (χ3v) is 5.21. The molecule has 0 bridgehead atoms. The Morgan fingerprint density at radius 3 is 2.50 bits per heavy atom. The van der Waals surface area contributed by atoms with Gasteiger partial charge in [-0.05, 0) is 45.0 Å². The van der Waals surface area contributed by atoms with Crippen molar-refractivity contribution in [2.75, 3.05) is 18.5 Å². The van der Waals surface area contributed by atoms with Gasteiger partial charge in [-0.3, -0.25) is 0 Å². The molecular formula is C22H21FN4O2S. The van der Waals surface area contributed by atoms with Crippen LogP contribution in [0.15, 0.2) is 42.0 Å². The first kappa shape index (κ1) is 20.0. The van der Waals surface area contributed by atoms with Crippen molar-refractivity contribution in [1.82, 2.24) is 15.0 Å². The molecule has 0 saturated carbocycles. The van der Waals surface area contributed by atoms with Gasteiger partial charge in [-0.1, -0.05) is 0 Å². The summed E-state index contributed by atoms with van der Waals surface area (Å²) in [6.45, 7) is 6.76. The van der Waals surface area contributed by atoms with E-state index in [1.54, 1.807) is 23.5 Å². The lowest BCUT2D eigenvalue weighted by atomic mass is 10.1. The Morgan fingerprint density at radius 1 is 1.03 bits per heavy atom. The number of fused-ring (bicyclic) bond motifs is 1. The lowest BCUT2D eigenvalue weighted by Gasteiger charge is -2.14. The first-order valence-corrected chi connectivity index (χ1v) is 10.5. The maximum atomic E-state index is 14.6. The van der Waals surface area contributed by atoms with Crippen LogP contribution >= 0.6 is 11.3 Å². The average molecular weight is 425 g/mol. The van der Waals surface area contributed by atoms with E-state index >= 15 is 0 Å². The molecule has 4 rings (SSSR count). The van der Waals surface area contributed by atoms with Crippen LogP contribution in [0.1, 0.15) is 18.9 Å². The average Bonchev–Trinajstić information content (AvgIpc) is 3.17. The highest BCUT2D eigenvalue weighted by molar-refractivity contribution is 7.09. The summed E-state index contributed by atoms with van der Waals surface area (Å²) < 4.78 is 26.0. The number of hydrogen-bond acceptors (Lipinski definition) is 7. The molecule has 8 heteroatoms. The monoisotopic (exact) mass is 424 g/mol. The Bertz CT molecular complexity index is 1200. The first-order chi connectivity index (χ1) is 14.6. The molecule has 30 heavy (non-hydrogen) atoms. The molecule has 4 aromatic rings. The van der Waals surface area contributed by atoms with Crippen LogP contribution < -0.4 is 14.8 Å². The van der Waals surface area contributed by atoms with Gasteiger partial charge in [0, 0.05) is 22.4 Å². The standard InChI is InChI=1S/C22H21FN4O2S/c1-4-28-20-9-15-17(10-21(20)29-5-2)24-12-25-22(15)27-18-8-14(6-7-16(18)23)19-11-30-13(3)26-19/h6-12H,4-5H2,1-3H3,(H,24,25,27). The second-order valence-electron chi connectivity index (χ2n) is 6.48. The highest BCUT2D eigenvalue weighted by Gasteiger charge is 2.14. The van der Waals surface area contributed by atoms with Crippen molar-refractivity contribution in [3.05, 3.63) is 52.9 Å². The largest absolute Gasteiger partial charge is 0.490 e. The molecule has 0 aliphatic carbocycles. The fraction of sp³-hybridized carbons (Fsp3) is 0.227. The van der Waals surface area contributed by atoms with Crippen LogP contribution in [0.5, 0.6) is 11.5 Å². The van der Waals surface area contributed by atoms with Crippen LogP contribution in [-0.2, 0) is 0 Å². The topological polar surface area (TPSA) is 69.2 Å². The van der Waals surface area contributed by atoms with Crippen molar-refractivity contribution in [1.29, 1.82) is 0 Å². The fourth-order valence-electron chi connectivity index (χ4n) is 3.10. The minimum absolute atomic E-state index is 0.310. The molecule has 1 N–H and O–H groups in total. The van der Waals surface area contributed by atoms with E-state index in [4.69, 9.17) is 9.47 Å². The van der Waals surface area contributed by atoms with Gasteiger partial charge < -0.3 is 14.8 Å². The van der Waals surface area contributed by atoms with Gasteiger partial charge in [-0.25, -0.2) is 19.3 Å². The number of halogens is 1. The molecule has 0 aliphatic heterocycles. The van der Waals surface area contributed by atoms with Crippen molar-refractivity contribution < 1.29 is 13.9 Å². The van der Waals surface area contributed by atoms with Gasteiger partial charge >= 0.3 is 0 Å². The first-order valence-electron chi connectivity index (χ1n) is 9.62. The van der Waals surface area contributed by atoms with Crippen molar-refractivity contribution in [3.8, 4) is 22.8 Å². The number of benzene rings is 2. The van der Waals surface area contributed by atoms with Crippen molar-refractivity contribution in [2.24, 2.45) is 0 Å². The number of thiazole rings is 1. The SMILES string of the molecule is CCOc1cc2ncnc(Nc3cc(-c4csc(C)n4)ccc3F)c2cc1OCC. The van der Waals surface area contributed by atoms with Crippen LogP contribution in [0.25, 0.3) is 22.2 Å². The molecule has 2 aromatic carbocycles. The lowest BCUT2D eigenvalue weighted by Crippen LogP contribution is -2.02. The van der Waals surface area contributed by atoms with Crippen molar-refractivity contribution >= 4 is 33.7 Å². The van der Waals surface area contributed by atoms with Crippen LogP contribution in [0.2, 0.25) is 0 Å². The number of rotatable bonds is 7. The molecule has 0 spiro atoms. The smallest absolute Gasteiger partial charge is 0.163 e. The maximum absolute atomic E-state index is 14.6. The Hall–Kier alpha value is -3.26. The zero-order valence-corrected chi connectivity index (χ0v) is 17.7. The zero-order chi connectivity index (χ0) is 21.1. The van der Waals surface area contributed by atoms with Gasteiger partial charge in [-0.15, -0.1) is 11.3 Å². The summed E-state index contributed by atoms with van der Waals surface area (Å²) in [5, 5.41) is 6.73. The van der Waals surface area contributed by atoms with Crippen LogP contribution in [-0.4, -0.2) is 28.2 Å². The molecule has 0 fully saturated rings. The second kappa shape index (κ2) is 8.62. The van der Waals surface area contributed by atoms with E-state index in [9.17, 15) is 4.39 Å². The molecule has 2 heterocycles. The third kappa shape index (κ3) is 4.04. The Morgan fingerprint density at radius 2 is 1.80 bits per heavy atom. The van der Waals surface area contributed by atoms with Gasteiger partial charge in [0.05, 0.1) is 35.1 Å². The molecule has 0 aliphatic rings. The molecule has 0 unspecified atom stereocenters. The highest BCUT2D eigenvalue weighted by Crippen LogP contribution is 2.36. The molecule has 154 valence electrons. The van der Waals surface area contributed by atoms with Crippen molar-refractivity contribution in [2.45, 2.75) is 20.8 Å². The number of anilines is 2.